The second-order valence-corrected chi connectivity index (χ2v) is 8.62. The maximum atomic E-state index is 12.7. The standard InChI is InChI=1S/C25H22N4O4/c30-23(27-15-5-6-15)25(12-13-25)24(31)28-16-7-9-17(10-8-16)32-20-11-14-26-22-21(20)33-19-4-2-1-3-18(19)29-22/h1-4,7-11,14-15H,5-6,12-13H2,(H,26,29)(H,27,30)(H,28,31). The molecule has 2 saturated carbocycles. The van der Waals surface area contributed by atoms with Crippen molar-refractivity contribution in [2.75, 3.05) is 10.6 Å². The maximum absolute atomic E-state index is 12.7. The molecule has 0 atom stereocenters. The minimum atomic E-state index is -0.922. The van der Waals surface area contributed by atoms with Crippen molar-refractivity contribution in [1.82, 2.24) is 10.3 Å². The Balaban J connectivity index is 1.14. The Kier molecular flexibility index (Phi) is 4.46. The molecule has 3 aromatic rings. The Morgan fingerprint density at radius 2 is 1.82 bits per heavy atom. The first-order valence-electron chi connectivity index (χ1n) is 11.0. The molecule has 2 aromatic carbocycles. The van der Waals surface area contributed by atoms with Gasteiger partial charge in [-0.15, -0.1) is 0 Å². The van der Waals surface area contributed by atoms with E-state index in [2.05, 4.69) is 20.9 Å². The summed E-state index contributed by atoms with van der Waals surface area (Å²) < 4.78 is 12.0. The number of hydrogen-bond acceptors (Lipinski definition) is 6. The van der Waals surface area contributed by atoms with Crippen molar-refractivity contribution < 1.29 is 19.1 Å². The Hall–Kier alpha value is -4.07. The zero-order valence-corrected chi connectivity index (χ0v) is 17.8. The summed E-state index contributed by atoms with van der Waals surface area (Å²) in [7, 11) is 0. The Bertz CT molecular complexity index is 1250. The molecule has 2 aliphatic carbocycles. The van der Waals surface area contributed by atoms with E-state index in [0.29, 0.717) is 47.3 Å². The first kappa shape index (κ1) is 19.6. The molecule has 2 fully saturated rings. The van der Waals surface area contributed by atoms with Gasteiger partial charge in [-0.25, -0.2) is 4.98 Å². The number of para-hydroxylation sites is 2. The molecule has 0 spiro atoms. The summed E-state index contributed by atoms with van der Waals surface area (Å²) in [6.07, 6.45) is 4.82. The SMILES string of the molecule is O=C(Nc1ccc(Oc2ccnc3c2Oc2ccccc2N3)cc1)C1(C(=O)NC2CC2)CC1. The number of carbonyl (C=O) groups is 2. The molecule has 1 aromatic heterocycles. The van der Waals surface area contributed by atoms with Crippen LogP contribution in [0.15, 0.2) is 60.8 Å². The van der Waals surface area contributed by atoms with Crippen molar-refractivity contribution in [1.29, 1.82) is 0 Å². The van der Waals surface area contributed by atoms with Crippen molar-refractivity contribution >= 4 is 29.0 Å². The zero-order valence-electron chi connectivity index (χ0n) is 17.8. The summed E-state index contributed by atoms with van der Waals surface area (Å²) in [4.78, 5) is 29.5. The minimum absolute atomic E-state index is 0.153. The normalized spacial score (nSPS) is 16.8. The van der Waals surface area contributed by atoms with Crippen molar-refractivity contribution in [3.63, 3.8) is 0 Å². The Morgan fingerprint density at radius 3 is 2.58 bits per heavy atom. The van der Waals surface area contributed by atoms with Crippen LogP contribution in [0.1, 0.15) is 25.7 Å². The summed E-state index contributed by atoms with van der Waals surface area (Å²) in [6.45, 7) is 0. The number of carbonyl (C=O) groups excluding carboxylic acids is 2. The maximum Gasteiger partial charge on any atom is 0.240 e. The third-order valence-corrected chi connectivity index (χ3v) is 6.09. The number of pyridine rings is 1. The molecular formula is C25H22N4O4. The number of benzene rings is 2. The number of anilines is 3. The number of ether oxygens (including phenoxy) is 2. The molecule has 8 nitrogen and oxygen atoms in total. The van der Waals surface area contributed by atoms with Crippen molar-refractivity contribution in [2.24, 2.45) is 5.41 Å². The molecule has 8 heteroatoms. The van der Waals surface area contributed by atoms with Crippen molar-refractivity contribution in [2.45, 2.75) is 31.7 Å². The number of hydrogen-bond donors (Lipinski definition) is 3. The smallest absolute Gasteiger partial charge is 0.240 e. The summed E-state index contributed by atoms with van der Waals surface area (Å²) >= 11 is 0. The second-order valence-electron chi connectivity index (χ2n) is 8.62. The molecule has 1 aliphatic heterocycles. The number of fused-ring (bicyclic) bond motifs is 2. The predicted octanol–water partition coefficient (Wildman–Crippen LogP) is 4.72. The summed E-state index contributed by atoms with van der Waals surface area (Å²) in [5.41, 5.74) is 0.532. The average Bonchev–Trinajstić information content (AvgIpc) is 3.74. The molecule has 0 saturated heterocycles. The summed E-state index contributed by atoms with van der Waals surface area (Å²) in [5, 5.41) is 9.07. The van der Waals surface area contributed by atoms with E-state index in [1.807, 2.05) is 24.3 Å². The van der Waals surface area contributed by atoms with Gasteiger partial charge >= 0.3 is 0 Å². The third kappa shape index (κ3) is 3.73. The molecule has 0 radical (unpaired) electrons. The van der Waals surface area contributed by atoms with Gasteiger partial charge in [-0.05, 0) is 62.1 Å². The van der Waals surface area contributed by atoms with Crippen LogP contribution < -0.4 is 25.4 Å². The van der Waals surface area contributed by atoms with Gasteiger partial charge in [0.05, 0.1) is 5.69 Å². The van der Waals surface area contributed by atoms with Crippen molar-refractivity contribution in [3.8, 4) is 23.0 Å². The molecule has 166 valence electrons. The van der Waals surface area contributed by atoms with Gasteiger partial charge in [-0.3, -0.25) is 9.59 Å². The zero-order chi connectivity index (χ0) is 22.4. The lowest BCUT2D eigenvalue weighted by Crippen LogP contribution is -2.40. The van der Waals surface area contributed by atoms with Gasteiger partial charge < -0.3 is 25.4 Å². The van der Waals surface area contributed by atoms with Crippen LogP contribution in [-0.2, 0) is 9.59 Å². The lowest BCUT2D eigenvalue weighted by molar-refractivity contribution is -0.134. The van der Waals surface area contributed by atoms with E-state index in [0.717, 1.165) is 18.5 Å². The molecule has 0 bridgehead atoms. The molecule has 33 heavy (non-hydrogen) atoms. The van der Waals surface area contributed by atoms with Gasteiger partial charge in [0.25, 0.3) is 0 Å². The Labute approximate surface area is 190 Å². The number of rotatable bonds is 6. The second kappa shape index (κ2) is 7.51. The fourth-order valence-corrected chi connectivity index (χ4v) is 3.81. The van der Waals surface area contributed by atoms with E-state index in [-0.39, 0.29) is 17.9 Å². The minimum Gasteiger partial charge on any atom is -0.453 e. The van der Waals surface area contributed by atoms with Gasteiger partial charge in [-0.1, -0.05) is 12.1 Å². The van der Waals surface area contributed by atoms with E-state index in [1.165, 1.54) is 0 Å². The quantitative estimate of drug-likeness (QED) is 0.374. The van der Waals surface area contributed by atoms with E-state index in [1.54, 1.807) is 36.5 Å². The monoisotopic (exact) mass is 442 g/mol. The molecule has 2 heterocycles. The third-order valence-electron chi connectivity index (χ3n) is 6.09. The molecule has 0 unspecified atom stereocenters. The first-order chi connectivity index (χ1) is 16.1. The van der Waals surface area contributed by atoms with Crippen LogP contribution in [0.4, 0.5) is 17.2 Å². The van der Waals surface area contributed by atoms with E-state index >= 15 is 0 Å². The fourth-order valence-electron chi connectivity index (χ4n) is 3.81. The number of aromatic nitrogens is 1. The largest absolute Gasteiger partial charge is 0.453 e. The molecular weight excluding hydrogens is 420 g/mol. The van der Waals surface area contributed by atoms with Gasteiger partial charge in [0.2, 0.25) is 17.6 Å². The predicted molar refractivity (Wildman–Crippen MR) is 122 cm³/mol. The molecule has 3 N–H and O–H groups in total. The van der Waals surface area contributed by atoms with Crippen LogP contribution in [0.5, 0.6) is 23.0 Å². The summed E-state index contributed by atoms with van der Waals surface area (Å²) in [6, 6.07) is 16.6. The topological polar surface area (TPSA) is 102 Å². The average molecular weight is 442 g/mol. The number of amides is 2. The van der Waals surface area contributed by atoms with E-state index in [4.69, 9.17) is 9.47 Å². The van der Waals surface area contributed by atoms with Crippen LogP contribution in [0.2, 0.25) is 0 Å². The Morgan fingerprint density at radius 1 is 1.03 bits per heavy atom. The lowest BCUT2D eigenvalue weighted by atomic mass is 10.0. The number of nitrogens with one attached hydrogen (secondary N) is 3. The van der Waals surface area contributed by atoms with Crippen LogP contribution in [-0.4, -0.2) is 22.8 Å². The van der Waals surface area contributed by atoms with E-state index < -0.39 is 5.41 Å². The van der Waals surface area contributed by atoms with Gasteiger partial charge in [0.1, 0.15) is 11.2 Å². The van der Waals surface area contributed by atoms with Gasteiger partial charge in [0.15, 0.2) is 17.3 Å². The molecule has 3 aliphatic rings. The molecule has 2 amide bonds. The highest BCUT2D eigenvalue weighted by Gasteiger charge is 2.57. The first-order valence-corrected chi connectivity index (χ1v) is 11.0. The van der Waals surface area contributed by atoms with Crippen LogP contribution in [0.25, 0.3) is 0 Å². The van der Waals surface area contributed by atoms with Crippen molar-refractivity contribution in [3.05, 3.63) is 60.8 Å². The highest BCUT2D eigenvalue weighted by atomic mass is 16.5. The fraction of sp³-hybridized carbons (Fsp3) is 0.240. The van der Waals surface area contributed by atoms with Crippen LogP contribution in [0.3, 0.4) is 0 Å². The van der Waals surface area contributed by atoms with Gasteiger partial charge in [0, 0.05) is 24.0 Å². The van der Waals surface area contributed by atoms with E-state index in [9.17, 15) is 9.59 Å². The van der Waals surface area contributed by atoms with Crippen LogP contribution in [0, 0.1) is 5.41 Å². The van der Waals surface area contributed by atoms with Crippen LogP contribution >= 0.6 is 0 Å². The molecule has 6 rings (SSSR count). The highest BCUT2D eigenvalue weighted by Crippen LogP contribution is 2.48. The summed E-state index contributed by atoms with van der Waals surface area (Å²) in [5.74, 6) is 2.47. The number of nitrogens with zero attached hydrogens (tertiary/aromatic N) is 1. The highest BCUT2D eigenvalue weighted by molar-refractivity contribution is 6.13. The lowest BCUT2D eigenvalue weighted by Gasteiger charge is -2.22. The van der Waals surface area contributed by atoms with Gasteiger partial charge in [-0.2, -0.15) is 0 Å².